The quantitative estimate of drug-likeness (QED) is 0.911. The highest BCUT2D eigenvalue weighted by atomic mass is 16.3. The second-order valence-electron chi connectivity index (χ2n) is 5.88. The molecular formula is C17H21N3O2. The number of phenols is 1. The number of rotatable bonds is 4. The van der Waals surface area contributed by atoms with E-state index < -0.39 is 0 Å². The van der Waals surface area contributed by atoms with Crippen LogP contribution in [-0.2, 0) is 11.2 Å². The summed E-state index contributed by atoms with van der Waals surface area (Å²) >= 11 is 0. The van der Waals surface area contributed by atoms with Crippen LogP contribution < -0.4 is 0 Å². The van der Waals surface area contributed by atoms with Gasteiger partial charge in [0.15, 0.2) is 0 Å². The van der Waals surface area contributed by atoms with Gasteiger partial charge in [-0.15, -0.1) is 0 Å². The van der Waals surface area contributed by atoms with Gasteiger partial charge in [0, 0.05) is 31.6 Å². The van der Waals surface area contributed by atoms with Gasteiger partial charge in [0.1, 0.15) is 5.75 Å². The van der Waals surface area contributed by atoms with Gasteiger partial charge < -0.3 is 10.0 Å². The fourth-order valence-electron chi connectivity index (χ4n) is 3.03. The van der Waals surface area contributed by atoms with Crippen molar-refractivity contribution in [3.05, 3.63) is 47.8 Å². The summed E-state index contributed by atoms with van der Waals surface area (Å²) in [5, 5.41) is 16.1. The summed E-state index contributed by atoms with van der Waals surface area (Å²) in [7, 11) is 0. The highest BCUT2D eigenvalue weighted by Crippen LogP contribution is 2.26. The van der Waals surface area contributed by atoms with E-state index in [2.05, 4.69) is 10.2 Å². The molecule has 1 atom stereocenters. The van der Waals surface area contributed by atoms with E-state index in [4.69, 9.17) is 0 Å². The van der Waals surface area contributed by atoms with Gasteiger partial charge in [-0.05, 0) is 42.5 Å². The molecular weight excluding hydrogens is 278 g/mol. The van der Waals surface area contributed by atoms with Gasteiger partial charge in [-0.1, -0.05) is 12.1 Å². The van der Waals surface area contributed by atoms with Gasteiger partial charge in [0.25, 0.3) is 0 Å². The Morgan fingerprint density at radius 1 is 1.36 bits per heavy atom. The number of nitrogens with zero attached hydrogens (tertiary/aromatic N) is 2. The Balaban J connectivity index is 1.54. The molecule has 1 aromatic carbocycles. The lowest BCUT2D eigenvalue weighted by molar-refractivity contribution is -0.132. The van der Waals surface area contributed by atoms with Crippen molar-refractivity contribution in [1.82, 2.24) is 15.1 Å². The Morgan fingerprint density at radius 3 is 2.91 bits per heavy atom. The highest BCUT2D eigenvalue weighted by Gasteiger charge is 2.24. The predicted molar refractivity (Wildman–Crippen MR) is 83.6 cm³/mol. The second-order valence-corrected chi connectivity index (χ2v) is 5.88. The number of hydrogen-bond donors (Lipinski definition) is 2. The Labute approximate surface area is 130 Å². The van der Waals surface area contributed by atoms with Crippen molar-refractivity contribution in [2.75, 3.05) is 13.1 Å². The van der Waals surface area contributed by atoms with E-state index in [1.165, 1.54) is 5.56 Å². The van der Waals surface area contributed by atoms with Crippen LogP contribution in [-0.4, -0.2) is 39.2 Å². The number of hydrogen-bond acceptors (Lipinski definition) is 3. The molecule has 116 valence electrons. The third-order valence-electron chi connectivity index (χ3n) is 4.33. The highest BCUT2D eigenvalue weighted by molar-refractivity contribution is 5.76. The molecule has 0 saturated carbocycles. The molecule has 0 spiro atoms. The number of aromatic nitrogens is 2. The largest absolute Gasteiger partial charge is 0.508 e. The third-order valence-corrected chi connectivity index (χ3v) is 4.33. The first-order valence-corrected chi connectivity index (χ1v) is 7.77. The number of aromatic amines is 1. The summed E-state index contributed by atoms with van der Waals surface area (Å²) in [6, 6.07) is 7.06. The molecule has 2 heterocycles. The van der Waals surface area contributed by atoms with Gasteiger partial charge in [-0.3, -0.25) is 9.89 Å². The molecule has 0 bridgehead atoms. The lowest BCUT2D eigenvalue weighted by Gasteiger charge is -2.32. The summed E-state index contributed by atoms with van der Waals surface area (Å²) in [5.74, 6) is 0.862. The van der Waals surface area contributed by atoms with Gasteiger partial charge in [-0.25, -0.2) is 0 Å². The zero-order valence-corrected chi connectivity index (χ0v) is 12.5. The zero-order valence-electron chi connectivity index (χ0n) is 12.5. The zero-order chi connectivity index (χ0) is 15.4. The molecule has 3 rings (SSSR count). The monoisotopic (exact) mass is 299 g/mol. The second kappa shape index (κ2) is 6.64. The predicted octanol–water partition coefficient (Wildman–Crippen LogP) is 2.45. The molecule has 0 aliphatic carbocycles. The minimum Gasteiger partial charge on any atom is -0.508 e. The van der Waals surface area contributed by atoms with E-state index in [1.54, 1.807) is 12.1 Å². The lowest BCUT2D eigenvalue weighted by Crippen LogP contribution is -2.39. The van der Waals surface area contributed by atoms with Crippen molar-refractivity contribution in [2.24, 2.45) is 0 Å². The van der Waals surface area contributed by atoms with Gasteiger partial charge >= 0.3 is 0 Å². The van der Waals surface area contributed by atoms with Crippen molar-refractivity contribution in [3.63, 3.8) is 0 Å². The van der Waals surface area contributed by atoms with Gasteiger partial charge in [0.05, 0.1) is 6.20 Å². The van der Waals surface area contributed by atoms with Crippen LogP contribution in [0.2, 0.25) is 0 Å². The Kier molecular flexibility index (Phi) is 4.42. The van der Waals surface area contributed by atoms with Crippen LogP contribution in [0, 0.1) is 0 Å². The number of aryl methyl sites for hydroxylation is 1. The summed E-state index contributed by atoms with van der Waals surface area (Å²) in [6.07, 6.45) is 7.17. The molecule has 2 N–H and O–H groups in total. The van der Waals surface area contributed by atoms with Gasteiger partial charge in [-0.2, -0.15) is 5.10 Å². The fraction of sp³-hybridized carbons (Fsp3) is 0.412. The van der Waals surface area contributed by atoms with Crippen LogP contribution in [0.4, 0.5) is 0 Å². The number of aromatic hydroxyl groups is 1. The minimum atomic E-state index is 0.210. The van der Waals surface area contributed by atoms with Crippen LogP contribution in [0.25, 0.3) is 0 Å². The first-order valence-electron chi connectivity index (χ1n) is 7.77. The van der Waals surface area contributed by atoms with Crippen LogP contribution in [0.15, 0.2) is 36.7 Å². The van der Waals surface area contributed by atoms with Crippen molar-refractivity contribution in [2.45, 2.75) is 31.6 Å². The maximum Gasteiger partial charge on any atom is 0.222 e. The van der Waals surface area contributed by atoms with E-state index >= 15 is 0 Å². The van der Waals surface area contributed by atoms with Crippen LogP contribution in [0.5, 0.6) is 5.75 Å². The third kappa shape index (κ3) is 3.47. The number of benzene rings is 1. The van der Waals surface area contributed by atoms with E-state index in [-0.39, 0.29) is 11.7 Å². The number of nitrogens with one attached hydrogen (secondary N) is 1. The molecule has 2 aromatic rings. The van der Waals surface area contributed by atoms with E-state index in [1.807, 2.05) is 29.4 Å². The molecule has 5 heteroatoms. The molecule has 1 saturated heterocycles. The molecule has 1 fully saturated rings. The van der Waals surface area contributed by atoms with E-state index in [0.29, 0.717) is 18.8 Å². The Bertz CT molecular complexity index is 607. The Hall–Kier alpha value is -2.30. The summed E-state index contributed by atoms with van der Waals surface area (Å²) in [5.41, 5.74) is 2.27. The van der Waals surface area contributed by atoms with Crippen LogP contribution >= 0.6 is 0 Å². The van der Waals surface area contributed by atoms with Crippen molar-refractivity contribution in [3.8, 4) is 5.75 Å². The standard InChI is InChI=1S/C17H21N3O2/c21-16-6-3-13(4-7-16)5-8-17(22)20-9-1-2-14(12-20)15-10-18-19-11-15/h3-4,6-7,10-11,14,21H,1-2,5,8-9,12H2,(H,18,19)/t14-/m0/s1. The fourth-order valence-corrected chi connectivity index (χ4v) is 3.03. The SMILES string of the molecule is O=C(CCc1ccc(O)cc1)N1CCC[C@H](c2cn[nH]c2)C1. The number of carbonyl (C=O) groups is 1. The number of amides is 1. The summed E-state index contributed by atoms with van der Waals surface area (Å²) in [6.45, 7) is 1.64. The minimum absolute atomic E-state index is 0.210. The van der Waals surface area contributed by atoms with E-state index in [0.717, 1.165) is 31.5 Å². The number of H-pyrrole nitrogens is 1. The van der Waals surface area contributed by atoms with Crippen molar-refractivity contribution in [1.29, 1.82) is 0 Å². The molecule has 1 amide bonds. The van der Waals surface area contributed by atoms with Crippen molar-refractivity contribution >= 4 is 5.91 Å². The normalized spacial score (nSPS) is 18.4. The molecule has 22 heavy (non-hydrogen) atoms. The maximum absolute atomic E-state index is 12.4. The molecule has 1 aromatic heterocycles. The molecule has 1 aliphatic rings. The van der Waals surface area contributed by atoms with Crippen LogP contribution in [0.3, 0.4) is 0 Å². The van der Waals surface area contributed by atoms with Crippen molar-refractivity contribution < 1.29 is 9.90 Å². The number of carbonyl (C=O) groups excluding carboxylic acids is 1. The number of piperidine rings is 1. The average Bonchev–Trinajstić information content (AvgIpc) is 3.09. The first kappa shape index (κ1) is 14.6. The smallest absolute Gasteiger partial charge is 0.222 e. The lowest BCUT2D eigenvalue weighted by atomic mass is 9.92. The first-order chi connectivity index (χ1) is 10.7. The average molecular weight is 299 g/mol. The molecule has 0 unspecified atom stereocenters. The Morgan fingerprint density at radius 2 is 2.18 bits per heavy atom. The summed E-state index contributed by atoms with van der Waals surface area (Å²) in [4.78, 5) is 14.4. The maximum atomic E-state index is 12.4. The summed E-state index contributed by atoms with van der Waals surface area (Å²) < 4.78 is 0. The van der Waals surface area contributed by atoms with Gasteiger partial charge in [0.2, 0.25) is 5.91 Å². The number of likely N-dealkylation sites (tertiary alicyclic amines) is 1. The van der Waals surface area contributed by atoms with E-state index in [9.17, 15) is 9.90 Å². The molecule has 1 aliphatic heterocycles. The van der Waals surface area contributed by atoms with Crippen LogP contribution in [0.1, 0.15) is 36.3 Å². The molecule has 0 radical (unpaired) electrons. The molecule has 5 nitrogen and oxygen atoms in total. The number of phenolic OH excluding ortho intramolecular Hbond substituents is 1. The topological polar surface area (TPSA) is 69.2 Å².